The van der Waals surface area contributed by atoms with Crippen molar-refractivity contribution in [2.75, 3.05) is 5.73 Å². The summed E-state index contributed by atoms with van der Waals surface area (Å²) >= 11 is 0. The van der Waals surface area contributed by atoms with Crippen LogP contribution in [0.3, 0.4) is 0 Å². The molecule has 0 amide bonds. The molecule has 0 atom stereocenters. The number of hydrogen-bond acceptors (Lipinski definition) is 2. The van der Waals surface area contributed by atoms with Gasteiger partial charge in [-0.15, -0.1) is 0 Å². The molecule has 5 rings (SSSR count). The highest BCUT2D eigenvalue weighted by Gasteiger charge is 2.52. The topological polar surface area (TPSA) is 52.0 Å². The van der Waals surface area contributed by atoms with Gasteiger partial charge in [0.2, 0.25) is 0 Å². The molecule has 2 heteroatoms. The Hall–Kier alpha value is -5.08. The lowest BCUT2D eigenvalue weighted by atomic mass is 9.68. The van der Waals surface area contributed by atoms with Crippen LogP contribution in [0.15, 0.2) is 158 Å². The van der Waals surface area contributed by atoms with Gasteiger partial charge in [0.1, 0.15) is 0 Å². The van der Waals surface area contributed by atoms with Crippen molar-refractivity contribution in [3.05, 3.63) is 186 Å². The molecular weight excluding hydrogens is 496 g/mol. The highest BCUT2D eigenvalue weighted by atomic mass is 14.6. The zero-order valence-corrected chi connectivity index (χ0v) is 23.8. The first kappa shape index (κ1) is 27.5. The van der Waals surface area contributed by atoms with E-state index in [1.54, 1.807) is 6.08 Å². The van der Waals surface area contributed by atoms with Gasteiger partial charge in [0, 0.05) is 11.3 Å². The third-order valence-electron chi connectivity index (χ3n) is 8.07. The maximum Gasteiger partial charge on any atom is 0.0725 e. The molecule has 0 aliphatic heterocycles. The third-order valence-corrected chi connectivity index (χ3v) is 8.07. The Balaban J connectivity index is 1.86. The van der Waals surface area contributed by atoms with Gasteiger partial charge in [-0.2, -0.15) is 0 Å². The average molecular weight is 533 g/mol. The number of nitrogen functional groups attached to an aromatic ring is 1. The fraction of sp³-hybridized carbons (Fsp3) is 0.0769. The third kappa shape index (κ3) is 4.38. The smallest absolute Gasteiger partial charge is 0.0725 e. The lowest BCUT2D eigenvalue weighted by molar-refractivity contribution is 0.784. The Labute approximate surface area is 244 Å². The molecule has 41 heavy (non-hydrogen) atoms. The predicted octanol–water partition coefficient (Wildman–Crippen LogP) is 9.21. The summed E-state index contributed by atoms with van der Waals surface area (Å²) in [6.45, 7) is 17.1. The summed E-state index contributed by atoms with van der Waals surface area (Å²) in [6, 6.07) is 21.8. The van der Waals surface area contributed by atoms with E-state index in [2.05, 4.69) is 93.4 Å². The molecule has 3 aromatic rings. The minimum absolute atomic E-state index is 0.551. The maximum absolute atomic E-state index is 6.73. The van der Waals surface area contributed by atoms with Crippen molar-refractivity contribution >= 4 is 16.8 Å². The van der Waals surface area contributed by atoms with E-state index in [1.165, 1.54) is 34.0 Å². The average Bonchev–Trinajstić information content (AvgIpc) is 3.42. The van der Waals surface area contributed by atoms with Gasteiger partial charge in [-0.3, -0.25) is 0 Å². The molecule has 1 spiro atoms. The van der Waals surface area contributed by atoms with Gasteiger partial charge in [-0.05, 0) is 99.5 Å². The zero-order valence-electron chi connectivity index (χ0n) is 23.8. The first-order valence-electron chi connectivity index (χ1n) is 13.8. The number of fused-ring (bicyclic) bond motifs is 7. The largest absolute Gasteiger partial charge is 0.405 e. The van der Waals surface area contributed by atoms with Gasteiger partial charge in [-0.25, -0.2) is 0 Å². The Morgan fingerprint density at radius 2 is 1.44 bits per heavy atom. The summed E-state index contributed by atoms with van der Waals surface area (Å²) < 4.78 is 0. The second kappa shape index (κ2) is 11.2. The van der Waals surface area contributed by atoms with Crippen LogP contribution in [0.25, 0.3) is 22.3 Å². The molecule has 0 heterocycles. The lowest BCUT2D eigenvalue weighted by Gasteiger charge is -2.32. The fourth-order valence-corrected chi connectivity index (χ4v) is 6.19. The molecule has 0 saturated carbocycles. The van der Waals surface area contributed by atoms with Crippen LogP contribution in [-0.4, -0.2) is 0 Å². The monoisotopic (exact) mass is 532 g/mol. The van der Waals surface area contributed by atoms with Crippen molar-refractivity contribution in [1.82, 2.24) is 0 Å². The van der Waals surface area contributed by atoms with E-state index in [0.717, 1.165) is 39.0 Å². The number of benzene rings is 3. The van der Waals surface area contributed by atoms with Crippen LogP contribution in [0, 0.1) is 0 Å². The van der Waals surface area contributed by atoms with E-state index in [0.29, 0.717) is 5.69 Å². The molecule has 0 radical (unpaired) electrons. The molecule has 2 aliphatic carbocycles. The van der Waals surface area contributed by atoms with Crippen LogP contribution >= 0.6 is 0 Å². The van der Waals surface area contributed by atoms with Crippen LogP contribution in [-0.2, 0) is 5.41 Å². The summed E-state index contributed by atoms with van der Waals surface area (Å²) in [5.74, 6) is 0. The number of rotatable bonds is 8. The van der Waals surface area contributed by atoms with Gasteiger partial charge in [0.25, 0.3) is 0 Å². The second-order valence-corrected chi connectivity index (χ2v) is 10.4. The van der Waals surface area contributed by atoms with Gasteiger partial charge in [0.05, 0.1) is 5.41 Å². The highest BCUT2D eigenvalue weighted by Crippen LogP contribution is 2.63. The van der Waals surface area contributed by atoms with E-state index in [-0.39, 0.29) is 0 Å². The van der Waals surface area contributed by atoms with Crippen molar-refractivity contribution in [3.8, 4) is 11.1 Å². The van der Waals surface area contributed by atoms with Gasteiger partial charge in [-0.1, -0.05) is 117 Å². The summed E-state index contributed by atoms with van der Waals surface area (Å²) in [5, 5.41) is 0. The van der Waals surface area contributed by atoms with Crippen molar-refractivity contribution in [1.29, 1.82) is 0 Å². The minimum Gasteiger partial charge on any atom is -0.405 e. The highest BCUT2D eigenvalue weighted by molar-refractivity contribution is 5.99. The number of nitrogens with two attached hydrogens (primary N) is 2. The van der Waals surface area contributed by atoms with Gasteiger partial charge >= 0.3 is 0 Å². The molecular formula is C39H36N2. The van der Waals surface area contributed by atoms with Crippen molar-refractivity contribution in [2.45, 2.75) is 19.3 Å². The predicted molar refractivity (Wildman–Crippen MR) is 178 cm³/mol. The molecule has 2 nitrogen and oxygen atoms in total. The fourth-order valence-electron chi connectivity index (χ4n) is 6.19. The lowest BCUT2D eigenvalue weighted by Crippen LogP contribution is -2.27. The summed E-state index contributed by atoms with van der Waals surface area (Å²) in [4.78, 5) is 0. The molecule has 0 saturated heterocycles. The van der Waals surface area contributed by atoms with Crippen molar-refractivity contribution < 1.29 is 0 Å². The summed E-state index contributed by atoms with van der Waals surface area (Å²) in [5.41, 5.74) is 25.6. The number of hydrogen-bond donors (Lipinski definition) is 2. The SMILES string of the molecule is C=CC1=C(/C=C(\C)C(=C)/C=C\C=C/N)C2(c3cc(C(=C)/C=C\C=C/C)c(N)cc31)c1ccccc1-c1ccccc12. The molecule has 0 bridgehead atoms. The molecule has 4 N–H and O–H groups in total. The van der Waals surface area contributed by atoms with E-state index < -0.39 is 5.41 Å². The molecule has 0 fully saturated rings. The summed E-state index contributed by atoms with van der Waals surface area (Å²) in [6.07, 6.45) is 19.4. The number of allylic oxidation sites excluding steroid dienone is 14. The summed E-state index contributed by atoms with van der Waals surface area (Å²) in [7, 11) is 0. The van der Waals surface area contributed by atoms with Crippen LogP contribution in [0.4, 0.5) is 5.69 Å². The standard InChI is InChI=1S/C39H36N2/c1-6-8-9-17-27(4)32-24-37-33(25-38(32)41)29(7-2)36(23-28(5)26(3)16-14-15-22-40)39(37)34-20-12-10-18-30(34)31-19-11-13-21-35(31)39/h6-25H,2-4,40-41H2,1,5H3/b8-6-,16-14-,17-9-,22-15-,28-23+. The normalized spacial score (nSPS) is 15.4. The first-order chi connectivity index (χ1) is 19.9. The van der Waals surface area contributed by atoms with Crippen molar-refractivity contribution in [2.24, 2.45) is 5.73 Å². The quantitative estimate of drug-likeness (QED) is 0.224. The van der Waals surface area contributed by atoms with Crippen LogP contribution in [0.5, 0.6) is 0 Å². The van der Waals surface area contributed by atoms with E-state index in [1.807, 2.05) is 49.5 Å². The molecule has 0 unspecified atom stereocenters. The van der Waals surface area contributed by atoms with E-state index >= 15 is 0 Å². The van der Waals surface area contributed by atoms with Crippen molar-refractivity contribution in [3.63, 3.8) is 0 Å². The molecule has 3 aromatic carbocycles. The molecule has 2 aliphatic rings. The Morgan fingerprint density at radius 3 is 2.05 bits per heavy atom. The van der Waals surface area contributed by atoms with Gasteiger partial charge in [0.15, 0.2) is 0 Å². The van der Waals surface area contributed by atoms with Crippen LogP contribution in [0.2, 0.25) is 0 Å². The molecule has 0 aromatic heterocycles. The van der Waals surface area contributed by atoms with Crippen LogP contribution in [0.1, 0.15) is 41.7 Å². The second-order valence-electron chi connectivity index (χ2n) is 10.4. The Kier molecular flexibility index (Phi) is 7.50. The van der Waals surface area contributed by atoms with E-state index in [9.17, 15) is 0 Å². The Bertz CT molecular complexity index is 1720. The first-order valence-corrected chi connectivity index (χ1v) is 13.8. The zero-order chi connectivity index (χ0) is 29.1. The number of anilines is 1. The maximum atomic E-state index is 6.73. The van der Waals surface area contributed by atoms with E-state index in [4.69, 9.17) is 11.5 Å². The molecule has 202 valence electrons. The minimum atomic E-state index is -0.551. The Morgan fingerprint density at radius 1 is 0.805 bits per heavy atom. The van der Waals surface area contributed by atoms with Gasteiger partial charge < -0.3 is 11.5 Å². The van der Waals surface area contributed by atoms with Crippen LogP contribution < -0.4 is 11.5 Å².